The Bertz CT molecular complexity index is 1390. The van der Waals surface area contributed by atoms with Crippen molar-refractivity contribution >= 4 is 21.8 Å². The molecule has 0 spiro atoms. The van der Waals surface area contributed by atoms with Gasteiger partial charge < -0.3 is 8.98 Å². The van der Waals surface area contributed by atoms with Gasteiger partial charge in [0, 0.05) is 45.5 Å². The van der Waals surface area contributed by atoms with Gasteiger partial charge in [0.25, 0.3) is 0 Å². The van der Waals surface area contributed by atoms with Crippen LogP contribution in [0.1, 0.15) is 41.9 Å². The first-order valence-corrected chi connectivity index (χ1v) is 15.3. The summed E-state index contributed by atoms with van der Waals surface area (Å²) in [6, 6.07) is 7.70. The summed E-state index contributed by atoms with van der Waals surface area (Å²) in [5.41, 5.74) is 3.37. The molecule has 1 aromatic carbocycles. The Balaban J connectivity index is 1.16. The highest BCUT2D eigenvalue weighted by molar-refractivity contribution is 7.99. The average Bonchev–Trinajstić information content (AvgIpc) is 3.43. The van der Waals surface area contributed by atoms with Crippen molar-refractivity contribution in [3.05, 3.63) is 59.1 Å². The van der Waals surface area contributed by atoms with Crippen molar-refractivity contribution in [2.24, 2.45) is 7.05 Å². The average molecular weight is 542 g/mol. The maximum atomic E-state index is 13.1. The van der Waals surface area contributed by atoms with E-state index < -0.39 is 10.0 Å². The maximum absolute atomic E-state index is 13.1. The second kappa shape index (κ2) is 11.1. The molecule has 4 heterocycles. The Morgan fingerprint density at radius 2 is 1.84 bits per heavy atom. The third-order valence-corrected chi connectivity index (χ3v) is 10.0. The molecule has 0 atom stereocenters. The maximum Gasteiger partial charge on any atom is 0.243 e. The molecule has 0 bridgehead atoms. The molecule has 0 amide bonds. The molecular formula is C27H35N5O3S2. The number of nitrogens with zero attached hydrogens (tertiary/aromatic N) is 5. The van der Waals surface area contributed by atoms with E-state index in [9.17, 15) is 8.42 Å². The van der Waals surface area contributed by atoms with Gasteiger partial charge in [0.1, 0.15) is 11.5 Å². The van der Waals surface area contributed by atoms with Gasteiger partial charge in [0.15, 0.2) is 11.0 Å². The zero-order valence-corrected chi connectivity index (χ0v) is 23.4. The van der Waals surface area contributed by atoms with E-state index in [1.165, 1.54) is 5.56 Å². The lowest BCUT2D eigenvalue weighted by atomic mass is 10.00. The monoisotopic (exact) mass is 541 g/mol. The number of benzene rings is 1. The number of sulfonamides is 1. The summed E-state index contributed by atoms with van der Waals surface area (Å²) < 4.78 is 35.5. The number of thioether (sulfide) groups is 1. The molecule has 1 saturated heterocycles. The van der Waals surface area contributed by atoms with E-state index in [0.717, 1.165) is 84.7 Å². The summed E-state index contributed by atoms with van der Waals surface area (Å²) in [4.78, 5) is 2.80. The van der Waals surface area contributed by atoms with E-state index >= 15 is 0 Å². The number of hydrogen-bond acceptors (Lipinski definition) is 7. The van der Waals surface area contributed by atoms with Gasteiger partial charge in [-0.25, -0.2) is 8.42 Å². The van der Waals surface area contributed by atoms with Crippen molar-refractivity contribution in [3.8, 4) is 11.4 Å². The summed E-state index contributed by atoms with van der Waals surface area (Å²) in [6.07, 6.45) is 8.30. The minimum absolute atomic E-state index is 0.436. The second-order valence-corrected chi connectivity index (χ2v) is 12.8. The quantitative estimate of drug-likeness (QED) is 0.305. The summed E-state index contributed by atoms with van der Waals surface area (Å²) in [5, 5.41) is 9.58. The SMILES string of the molecule is Cc1cc(-c2nnc(SC/C=C/CN3CCc4ccc(S(=O)(=O)N5CCCCC5)cc4C3)n2C)c(C)o1. The Morgan fingerprint density at radius 1 is 1.03 bits per heavy atom. The molecule has 3 aromatic rings. The standard InChI is InChI=1S/C27H35N5O3S2/c1-20-17-25(21(2)35-20)26-28-29-27(30(26)3)36-16-8-7-12-31-15-11-22-9-10-24(18-23(22)19-31)37(33,34)32-13-5-4-6-14-32/h7-10,17-18H,4-6,11-16,19H2,1-3H3/b8-7+. The summed E-state index contributed by atoms with van der Waals surface area (Å²) in [6.45, 7) is 7.72. The highest BCUT2D eigenvalue weighted by Crippen LogP contribution is 2.28. The van der Waals surface area contributed by atoms with Crippen LogP contribution in [-0.4, -0.2) is 64.3 Å². The second-order valence-electron chi connectivity index (χ2n) is 9.85. The topological polar surface area (TPSA) is 84.5 Å². The van der Waals surface area contributed by atoms with E-state index in [2.05, 4.69) is 27.2 Å². The lowest BCUT2D eigenvalue weighted by Crippen LogP contribution is -2.36. The molecule has 0 radical (unpaired) electrons. The molecule has 2 aromatic heterocycles. The lowest BCUT2D eigenvalue weighted by molar-refractivity contribution is 0.281. The molecule has 2 aliphatic rings. The van der Waals surface area contributed by atoms with Crippen LogP contribution in [0.2, 0.25) is 0 Å². The van der Waals surface area contributed by atoms with Gasteiger partial charge in [0.05, 0.1) is 10.5 Å². The first-order valence-electron chi connectivity index (χ1n) is 12.9. The van der Waals surface area contributed by atoms with Gasteiger partial charge in [-0.1, -0.05) is 36.4 Å². The van der Waals surface area contributed by atoms with Gasteiger partial charge in [-0.2, -0.15) is 4.31 Å². The van der Waals surface area contributed by atoms with Gasteiger partial charge in [-0.3, -0.25) is 4.90 Å². The molecule has 0 unspecified atom stereocenters. The number of piperidine rings is 1. The third kappa shape index (κ3) is 5.72. The van der Waals surface area contributed by atoms with Crippen molar-refractivity contribution < 1.29 is 12.8 Å². The smallest absolute Gasteiger partial charge is 0.243 e. The summed E-state index contributed by atoms with van der Waals surface area (Å²) in [5.74, 6) is 3.34. The van der Waals surface area contributed by atoms with Crippen LogP contribution >= 0.6 is 11.8 Å². The van der Waals surface area contributed by atoms with Crippen LogP contribution < -0.4 is 0 Å². The highest BCUT2D eigenvalue weighted by atomic mass is 32.2. The number of aromatic nitrogens is 3. The molecule has 10 heteroatoms. The summed E-state index contributed by atoms with van der Waals surface area (Å²) >= 11 is 1.65. The number of fused-ring (bicyclic) bond motifs is 1. The first-order chi connectivity index (χ1) is 17.8. The first kappa shape index (κ1) is 26.2. The van der Waals surface area contributed by atoms with E-state index in [0.29, 0.717) is 18.0 Å². The van der Waals surface area contributed by atoms with E-state index in [1.54, 1.807) is 22.1 Å². The molecular weight excluding hydrogens is 506 g/mol. The number of furan rings is 1. The van der Waals surface area contributed by atoms with Crippen LogP contribution in [0, 0.1) is 13.8 Å². The molecule has 0 aliphatic carbocycles. The van der Waals surface area contributed by atoms with Crippen LogP contribution in [0.4, 0.5) is 0 Å². The fraction of sp³-hybridized carbons (Fsp3) is 0.481. The number of rotatable bonds is 8. The van der Waals surface area contributed by atoms with Gasteiger partial charge in [-0.05, 0) is 62.4 Å². The predicted octanol–water partition coefficient (Wildman–Crippen LogP) is 4.57. The Morgan fingerprint density at radius 3 is 2.59 bits per heavy atom. The van der Waals surface area contributed by atoms with Crippen molar-refractivity contribution in [2.45, 2.75) is 56.1 Å². The molecule has 2 aliphatic heterocycles. The van der Waals surface area contributed by atoms with Crippen molar-refractivity contribution in [1.82, 2.24) is 24.0 Å². The van der Waals surface area contributed by atoms with Crippen molar-refractivity contribution in [3.63, 3.8) is 0 Å². The minimum Gasteiger partial charge on any atom is -0.466 e. The van der Waals surface area contributed by atoms with Crippen LogP contribution in [-0.2, 0) is 30.0 Å². The molecule has 198 valence electrons. The minimum atomic E-state index is -3.40. The predicted molar refractivity (Wildman–Crippen MR) is 146 cm³/mol. The van der Waals surface area contributed by atoms with Crippen LogP contribution in [0.3, 0.4) is 0 Å². The van der Waals surface area contributed by atoms with Crippen molar-refractivity contribution in [2.75, 3.05) is 31.9 Å². The fourth-order valence-electron chi connectivity index (χ4n) is 5.10. The molecule has 1 fully saturated rings. The molecule has 0 N–H and O–H groups in total. The highest BCUT2D eigenvalue weighted by Gasteiger charge is 2.27. The third-order valence-electron chi connectivity index (χ3n) is 7.18. The zero-order valence-electron chi connectivity index (χ0n) is 21.8. The molecule has 37 heavy (non-hydrogen) atoms. The van der Waals surface area contributed by atoms with E-state index in [4.69, 9.17) is 4.42 Å². The van der Waals surface area contributed by atoms with Gasteiger partial charge in [-0.15, -0.1) is 10.2 Å². The molecule has 8 nitrogen and oxygen atoms in total. The van der Waals surface area contributed by atoms with E-state index in [-0.39, 0.29) is 0 Å². The number of hydrogen-bond donors (Lipinski definition) is 0. The lowest BCUT2D eigenvalue weighted by Gasteiger charge is -2.29. The van der Waals surface area contributed by atoms with Crippen LogP contribution in [0.25, 0.3) is 11.4 Å². The Labute approximate surface area is 223 Å². The zero-order chi connectivity index (χ0) is 26.0. The summed E-state index contributed by atoms with van der Waals surface area (Å²) in [7, 11) is -1.42. The fourth-order valence-corrected chi connectivity index (χ4v) is 7.43. The molecule has 5 rings (SSSR count). The Kier molecular flexibility index (Phi) is 7.90. The largest absolute Gasteiger partial charge is 0.466 e. The normalized spacial score (nSPS) is 17.5. The van der Waals surface area contributed by atoms with Crippen LogP contribution in [0.15, 0.2) is 50.9 Å². The molecule has 0 saturated carbocycles. The van der Waals surface area contributed by atoms with Gasteiger partial charge in [0.2, 0.25) is 10.0 Å². The van der Waals surface area contributed by atoms with E-state index in [1.807, 2.05) is 43.7 Å². The van der Waals surface area contributed by atoms with Crippen LogP contribution in [0.5, 0.6) is 0 Å². The Hall–Kier alpha value is -2.40. The van der Waals surface area contributed by atoms with Gasteiger partial charge >= 0.3 is 0 Å². The van der Waals surface area contributed by atoms with Crippen molar-refractivity contribution in [1.29, 1.82) is 0 Å². The number of aryl methyl sites for hydroxylation is 2.